The first-order valence-electron chi connectivity index (χ1n) is 7.70. The van der Waals surface area contributed by atoms with Crippen molar-refractivity contribution < 1.29 is 9.59 Å². The van der Waals surface area contributed by atoms with E-state index in [9.17, 15) is 9.59 Å². The Kier molecular flexibility index (Phi) is 5.52. The first-order chi connectivity index (χ1) is 11.0. The van der Waals surface area contributed by atoms with Gasteiger partial charge in [0.05, 0.1) is 6.54 Å². The molecule has 2 amide bonds. The van der Waals surface area contributed by atoms with Gasteiger partial charge in [-0.1, -0.05) is 43.7 Å². The third-order valence-corrected chi connectivity index (χ3v) is 3.53. The number of nitrogens with one attached hydrogen (secondary N) is 2. The fourth-order valence-electron chi connectivity index (χ4n) is 2.23. The molecule has 120 valence electrons. The summed E-state index contributed by atoms with van der Waals surface area (Å²) in [7, 11) is 0. The van der Waals surface area contributed by atoms with Crippen molar-refractivity contribution in [3.05, 3.63) is 65.2 Å². The maximum atomic E-state index is 12.0. The highest BCUT2D eigenvalue weighted by atomic mass is 16.2. The number of carbonyl (C=O) groups is 2. The van der Waals surface area contributed by atoms with Gasteiger partial charge in [-0.25, -0.2) is 0 Å². The molecular weight excluding hydrogens is 288 g/mol. The summed E-state index contributed by atoms with van der Waals surface area (Å²) in [5.74, 6) is -0.0976. The highest BCUT2D eigenvalue weighted by Crippen LogP contribution is 2.18. The van der Waals surface area contributed by atoms with Crippen molar-refractivity contribution in [2.75, 3.05) is 11.9 Å². The highest BCUT2D eigenvalue weighted by Gasteiger charge is 2.09. The first-order valence-corrected chi connectivity index (χ1v) is 7.70. The van der Waals surface area contributed by atoms with Crippen LogP contribution >= 0.6 is 0 Å². The Bertz CT molecular complexity index is 708. The SMILES string of the molecule is Cc1cccc(C(=O)NCC(=O)Nc2cccc(C(C)C)c2)c1. The van der Waals surface area contributed by atoms with E-state index in [-0.39, 0.29) is 18.4 Å². The van der Waals surface area contributed by atoms with E-state index in [4.69, 9.17) is 0 Å². The first kappa shape index (κ1) is 16.7. The van der Waals surface area contributed by atoms with E-state index in [1.54, 1.807) is 12.1 Å². The van der Waals surface area contributed by atoms with Crippen molar-refractivity contribution in [1.29, 1.82) is 0 Å². The number of anilines is 1. The molecule has 0 unspecified atom stereocenters. The molecule has 4 nitrogen and oxygen atoms in total. The van der Waals surface area contributed by atoms with Crippen LogP contribution in [0.15, 0.2) is 48.5 Å². The van der Waals surface area contributed by atoms with E-state index >= 15 is 0 Å². The van der Waals surface area contributed by atoms with Gasteiger partial charge in [0.15, 0.2) is 0 Å². The van der Waals surface area contributed by atoms with Crippen molar-refractivity contribution >= 4 is 17.5 Å². The van der Waals surface area contributed by atoms with Crippen LogP contribution in [0.5, 0.6) is 0 Å². The predicted molar refractivity (Wildman–Crippen MR) is 92.7 cm³/mol. The number of hydrogen-bond donors (Lipinski definition) is 2. The molecule has 2 aromatic rings. The summed E-state index contributed by atoms with van der Waals surface area (Å²) >= 11 is 0. The number of aryl methyl sites for hydroxylation is 1. The summed E-state index contributed by atoms with van der Waals surface area (Å²) < 4.78 is 0. The van der Waals surface area contributed by atoms with Crippen molar-refractivity contribution in [3.8, 4) is 0 Å². The van der Waals surface area contributed by atoms with Gasteiger partial charge in [-0.15, -0.1) is 0 Å². The molecule has 0 spiro atoms. The zero-order valence-electron chi connectivity index (χ0n) is 13.7. The summed E-state index contributed by atoms with van der Waals surface area (Å²) in [5.41, 5.74) is 3.46. The summed E-state index contributed by atoms with van der Waals surface area (Å²) in [6.45, 7) is 6.07. The van der Waals surface area contributed by atoms with Gasteiger partial charge in [-0.3, -0.25) is 9.59 Å². The second-order valence-corrected chi connectivity index (χ2v) is 5.88. The largest absolute Gasteiger partial charge is 0.343 e. The van der Waals surface area contributed by atoms with Crippen LogP contribution in [0.25, 0.3) is 0 Å². The Labute approximate surface area is 136 Å². The molecule has 2 aromatic carbocycles. The number of rotatable bonds is 5. The molecule has 0 atom stereocenters. The minimum absolute atomic E-state index is 0.0569. The topological polar surface area (TPSA) is 58.2 Å². The molecule has 0 bridgehead atoms. The van der Waals surface area contributed by atoms with Crippen LogP contribution in [0.4, 0.5) is 5.69 Å². The second kappa shape index (κ2) is 7.58. The fraction of sp³-hybridized carbons (Fsp3) is 0.263. The number of carbonyl (C=O) groups excluding carboxylic acids is 2. The normalized spacial score (nSPS) is 10.4. The molecule has 0 saturated carbocycles. The molecule has 0 aromatic heterocycles. The van der Waals surface area contributed by atoms with E-state index < -0.39 is 0 Å². The van der Waals surface area contributed by atoms with E-state index in [1.807, 2.05) is 43.3 Å². The van der Waals surface area contributed by atoms with Gasteiger partial charge in [0.25, 0.3) is 5.91 Å². The molecule has 0 heterocycles. The Balaban J connectivity index is 1.90. The monoisotopic (exact) mass is 310 g/mol. The van der Waals surface area contributed by atoms with Gasteiger partial charge < -0.3 is 10.6 Å². The van der Waals surface area contributed by atoms with Crippen molar-refractivity contribution in [2.45, 2.75) is 26.7 Å². The van der Waals surface area contributed by atoms with E-state index in [1.165, 1.54) is 0 Å². The molecule has 0 radical (unpaired) electrons. The lowest BCUT2D eigenvalue weighted by Gasteiger charge is -2.10. The molecule has 0 saturated heterocycles. The van der Waals surface area contributed by atoms with Crippen LogP contribution in [0.2, 0.25) is 0 Å². The fourth-order valence-corrected chi connectivity index (χ4v) is 2.23. The molecule has 0 fully saturated rings. The summed E-state index contributed by atoms with van der Waals surface area (Å²) in [6.07, 6.45) is 0. The zero-order chi connectivity index (χ0) is 16.8. The molecule has 2 rings (SSSR count). The molecular formula is C19H22N2O2. The van der Waals surface area contributed by atoms with Gasteiger partial charge in [-0.2, -0.15) is 0 Å². The van der Waals surface area contributed by atoms with Crippen molar-refractivity contribution in [3.63, 3.8) is 0 Å². The van der Waals surface area contributed by atoms with E-state index in [0.717, 1.165) is 16.8 Å². The van der Waals surface area contributed by atoms with Crippen LogP contribution < -0.4 is 10.6 Å². The Morgan fingerprint density at radius 3 is 2.48 bits per heavy atom. The van der Waals surface area contributed by atoms with Gasteiger partial charge in [0, 0.05) is 11.3 Å². The molecule has 4 heteroatoms. The maximum absolute atomic E-state index is 12.0. The standard InChI is InChI=1S/C19H22N2O2/c1-13(2)15-7-5-9-17(11-15)21-18(22)12-20-19(23)16-8-4-6-14(3)10-16/h4-11,13H,12H2,1-3H3,(H,20,23)(H,21,22). The molecule has 0 aliphatic carbocycles. The lowest BCUT2D eigenvalue weighted by Crippen LogP contribution is -2.32. The van der Waals surface area contributed by atoms with Crippen LogP contribution in [-0.4, -0.2) is 18.4 Å². The third-order valence-electron chi connectivity index (χ3n) is 3.53. The summed E-state index contributed by atoms with van der Waals surface area (Å²) in [5, 5.41) is 5.43. The Morgan fingerprint density at radius 1 is 1.04 bits per heavy atom. The Morgan fingerprint density at radius 2 is 1.78 bits per heavy atom. The Hall–Kier alpha value is -2.62. The minimum Gasteiger partial charge on any atom is -0.343 e. The quantitative estimate of drug-likeness (QED) is 0.888. The highest BCUT2D eigenvalue weighted by molar-refractivity contribution is 5.99. The molecule has 0 aliphatic heterocycles. The van der Waals surface area contributed by atoms with Crippen molar-refractivity contribution in [2.24, 2.45) is 0 Å². The average molecular weight is 310 g/mol. The zero-order valence-corrected chi connectivity index (χ0v) is 13.7. The van der Waals surface area contributed by atoms with Crippen LogP contribution in [0.1, 0.15) is 41.3 Å². The van der Waals surface area contributed by atoms with Crippen molar-refractivity contribution in [1.82, 2.24) is 5.32 Å². The lowest BCUT2D eigenvalue weighted by molar-refractivity contribution is -0.115. The van der Waals surface area contributed by atoms with Gasteiger partial charge >= 0.3 is 0 Å². The lowest BCUT2D eigenvalue weighted by atomic mass is 10.0. The summed E-state index contributed by atoms with van der Waals surface area (Å²) in [6, 6.07) is 15.0. The van der Waals surface area contributed by atoms with Gasteiger partial charge in [0.1, 0.15) is 0 Å². The number of amides is 2. The number of benzene rings is 2. The van der Waals surface area contributed by atoms with Gasteiger partial charge in [-0.05, 0) is 42.7 Å². The number of hydrogen-bond acceptors (Lipinski definition) is 2. The average Bonchev–Trinajstić information content (AvgIpc) is 2.53. The minimum atomic E-state index is -0.250. The van der Waals surface area contributed by atoms with Crippen LogP contribution in [-0.2, 0) is 4.79 Å². The predicted octanol–water partition coefficient (Wildman–Crippen LogP) is 3.49. The van der Waals surface area contributed by atoms with Crippen LogP contribution in [0.3, 0.4) is 0 Å². The maximum Gasteiger partial charge on any atom is 0.251 e. The molecule has 0 aliphatic rings. The van der Waals surface area contributed by atoms with Crippen LogP contribution in [0, 0.1) is 6.92 Å². The van der Waals surface area contributed by atoms with E-state index in [0.29, 0.717) is 11.5 Å². The van der Waals surface area contributed by atoms with E-state index in [2.05, 4.69) is 24.5 Å². The third kappa shape index (κ3) is 4.95. The second-order valence-electron chi connectivity index (χ2n) is 5.88. The molecule has 23 heavy (non-hydrogen) atoms. The summed E-state index contributed by atoms with van der Waals surface area (Å²) in [4.78, 5) is 24.0. The smallest absolute Gasteiger partial charge is 0.251 e. The molecule has 2 N–H and O–H groups in total. The van der Waals surface area contributed by atoms with Gasteiger partial charge in [0.2, 0.25) is 5.91 Å².